The van der Waals surface area contributed by atoms with Crippen molar-refractivity contribution in [3.8, 4) is 11.3 Å². The smallest absolute Gasteiger partial charge is 0.276 e. The van der Waals surface area contributed by atoms with E-state index in [9.17, 15) is 14.0 Å². The molecule has 1 aliphatic heterocycles. The second-order valence-corrected chi connectivity index (χ2v) is 9.71. The van der Waals surface area contributed by atoms with Crippen LogP contribution in [-0.2, 0) is 9.53 Å². The van der Waals surface area contributed by atoms with E-state index < -0.39 is 11.7 Å². The van der Waals surface area contributed by atoms with E-state index in [0.717, 1.165) is 24.5 Å². The van der Waals surface area contributed by atoms with Crippen molar-refractivity contribution in [2.75, 3.05) is 47.2 Å². The number of carbonyl (C=O) groups excluding carboxylic acids is 2. The normalized spacial score (nSPS) is 13.0. The summed E-state index contributed by atoms with van der Waals surface area (Å²) in [6.07, 6.45) is 1.17. The number of carbonyl (C=O) groups is 2. The summed E-state index contributed by atoms with van der Waals surface area (Å²) in [4.78, 5) is 36.9. The van der Waals surface area contributed by atoms with Gasteiger partial charge < -0.3 is 25.6 Å². The molecule has 4 N–H and O–H groups in total. The van der Waals surface area contributed by atoms with Crippen molar-refractivity contribution in [1.29, 1.82) is 0 Å². The van der Waals surface area contributed by atoms with Crippen LogP contribution in [0.3, 0.4) is 0 Å². The minimum absolute atomic E-state index is 0.0238. The van der Waals surface area contributed by atoms with Gasteiger partial charge in [0.1, 0.15) is 5.82 Å². The zero-order chi connectivity index (χ0) is 29.8. The highest BCUT2D eigenvalue weighted by Crippen LogP contribution is 2.32. The molecule has 3 aromatic carbocycles. The van der Waals surface area contributed by atoms with Crippen LogP contribution < -0.4 is 20.9 Å². The molecule has 2 amide bonds. The molecule has 1 saturated heterocycles. The Morgan fingerprint density at radius 1 is 0.930 bits per heavy atom. The van der Waals surface area contributed by atoms with Crippen LogP contribution in [0.4, 0.5) is 33.1 Å². The highest BCUT2D eigenvalue weighted by Gasteiger charge is 2.22. The lowest BCUT2D eigenvalue weighted by Crippen LogP contribution is -2.36. The summed E-state index contributed by atoms with van der Waals surface area (Å²) in [6, 6.07) is 20.5. The van der Waals surface area contributed by atoms with E-state index in [1.165, 1.54) is 24.3 Å². The summed E-state index contributed by atoms with van der Waals surface area (Å²) in [7, 11) is 0. The number of nitrogens with one attached hydrogen (secondary N) is 4. The maximum absolute atomic E-state index is 13.8. The number of nitrogens with zero attached hydrogens (tertiary/aromatic N) is 4. The van der Waals surface area contributed by atoms with E-state index in [2.05, 4.69) is 42.6 Å². The fourth-order valence-corrected chi connectivity index (χ4v) is 4.78. The van der Waals surface area contributed by atoms with Crippen LogP contribution in [0.15, 0.2) is 85.5 Å². The van der Waals surface area contributed by atoms with Gasteiger partial charge in [-0.05, 0) is 54.6 Å². The Balaban J connectivity index is 1.40. The van der Waals surface area contributed by atoms with E-state index in [1.807, 2.05) is 24.3 Å². The quantitative estimate of drug-likeness (QED) is 0.186. The second-order valence-electron chi connectivity index (χ2n) is 9.71. The number of ether oxygens (including phenoxy) is 1. The molecule has 1 aliphatic rings. The van der Waals surface area contributed by atoms with Crippen molar-refractivity contribution >= 4 is 51.5 Å². The van der Waals surface area contributed by atoms with Gasteiger partial charge in [-0.15, -0.1) is 0 Å². The lowest BCUT2D eigenvalue weighted by Gasteiger charge is -2.29. The Hall–Kier alpha value is -5.62. The SMILES string of the molecule is C=CC(=O)Nc1cccc(-c2nc(Nc3cccc(N4CCOCC4)c3)nc3[nH]nc(C(=O)Nc4cccc(F)c4)c23)c1. The molecule has 2 aromatic heterocycles. The molecule has 216 valence electrons. The van der Waals surface area contributed by atoms with Gasteiger partial charge in [-0.1, -0.05) is 30.8 Å². The number of hydrogen-bond donors (Lipinski definition) is 4. The Kier molecular flexibility index (Phi) is 7.74. The first kappa shape index (κ1) is 27.5. The topological polar surface area (TPSA) is 137 Å². The molecular weight excluding hydrogens is 551 g/mol. The molecule has 0 bridgehead atoms. The van der Waals surface area contributed by atoms with Crippen molar-refractivity contribution in [3.63, 3.8) is 0 Å². The molecule has 0 aliphatic carbocycles. The van der Waals surface area contributed by atoms with Crippen LogP contribution in [0, 0.1) is 5.82 Å². The van der Waals surface area contributed by atoms with Crippen LogP contribution in [0.2, 0.25) is 0 Å². The number of rotatable bonds is 8. The maximum atomic E-state index is 13.8. The summed E-state index contributed by atoms with van der Waals surface area (Å²) in [5.41, 5.74) is 3.91. The fourth-order valence-electron chi connectivity index (χ4n) is 4.78. The fraction of sp³-hybridized carbons (Fsp3) is 0.129. The molecule has 0 saturated carbocycles. The average Bonchev–Trinajstić information content (AvgIpc) is 3.45. The molecule has 43 heavy (non-hydrogen) atoms. The molecule has 0 radical (unpaired) electrons. The molecule has 0 atom stereocenters. The van der Waals surface area contributed by atoms with Crippen molar-refractivity contribution in [1.82, 2.24) is 20.2 Å². The van der Waals surface area contributed by atoms with Crippen LogP contribution in [0.1, 0.15) is 10.5 Å². The van der Waals surface area contributed by atoms with Gasteiger partial charge in [0.2, 0.25) is 11.9 Å². The molecule has 3 heterocycles. The summed E-state index contributed by atoms with van der Waals surface area (Å²) >= 11 is 0. The number of amides is 2. The van der Waals surface area contributed by atoms with Crippen molar-refractivity contribution < 1.29 is 18.7 Å². The number of fused-ring (bicyclic) bond motifs is 1. The third-order valence-corrected chi connectivity index (χ3v) is 6.78. The predicted octanol–water partition coefficient (Wildman–Crippen LogP) is 5.12. The van der Waals surface area contributed by atoms with Gasteiger partial charge in [0.05, 0.1) is 24.3 Å². The first-order chi connectivity index (χ1) is 21.0. The zero-order valence-corrected chi connectivity index (χ0v) is 22.9. The minimum atomic E-state index is -0.572. The van der Waals surface area contributed by atoms with Gasteiger partial charge in [0, 0.05) is 41.4 Å². The number of benzene rings is 3. The van der Waals surface area contributed by atoms with E-state index in [1.54, 1.807) is 30.3 Å². The van der Waals surface area contributed by atoms with Crippen molar-refractivity contribution in [2.24, 2.45) is 0 Å². The molecule has 5 aromatic rings. The molecule has 0 spiro atoms. The first-order valence-electron chi connectivity index (χ1n) is 13.5. The van der Waals surface area contributed by atoms with Gasteiger partial charge in [0.15, 0.2) is 11.3 Å². The third kappa shape index (κ3) is 6.19. The van der Waals surface area contributed by atoms with Crippen LogP contribution in [0.5, 0.6) is 0 Å². The third-order valence-electron chi connectivity index (χ3n) is 6.78. The average molecular weight is 579 g/mol. The lowest BCUT2D eigenvalue weighted by molar-refractivity contribution is -0.111. The monoisotopic (exact) mass is 578 g/mol. The molecule has 12 heteroatoms. The van der Waals surface area contributed by atoms with E-state index in [0.29, 0.717) is 41.2 Å². The minimum Gasteiger partial charge on any atom is -0.378 e. The predicted molar refractivity (Wildman–Crippen MR) is 163 cm³/mol. The molecule has 0 unspecified atom stereocenters. The molecule has 1 fully saturated rings. The number of aromatic nitrogens is 4. The van der Waals surface area contributed by atoms with E-state index in [4.69, 9.17) is 9.72 Å². The second kappa shape index (κ2) is 12.1. The van der Waals surface area contributed by atoms with Crippen LogP contribution in [-0.4, -0.2) is 58.3 Å². The Labute approximate surface area is 245 Å². The molecule has 11 nitrogen and oxygen atoms in total. The largest absolute Gasteiger partial charge is 0.378 e. The number of H-pyrrole nitrogens is 1. The Morgan fingerprint density at radius 3 is 2.47 bits per heavy atom. The summed E-state index contributed by atoms with van der Waals surface area (Å²) in [5, 5.41) is 16.1. The summed E-state index contributed by atoms with van der Waals surface area (Å²) in [6.45, 7) is 6.43. The Morgan fingerprint density at radius 2 is 1.67 bits per heavy atom. The number of hydrogen-bond acceptors (Lipinski definition) is 8. The lowest BCUT2D eigenvalue weighted by atomic mass is 10.1. The first-order valence-corrected chi connectivity index (χ1v) is 13.5. The highest BCUT2D eigenvalue weighted by atomic mass is 19.1. The zero-order valence-electron chi connectivity index (χ0n) is 22.9. The van der Waals surface area contributed by atoms with E-state index >= 15 is 0 Å². The number of aromatic amines is 1. The highest BCUT2D eigenvalue weighted by molar-refractivity contribution is 6.14. The van der Waals surface area contributed by atoms with E-state index in [-0.39, 0.29) is 23.2 Å². The number of anilines is 5. The van der Waals surface area contributed by atoms with Gasteiger partial charge in [-0.2, -0.15) is 10.1 Å². The van der Waals surface area contributed by atoms with Gasteiger partial charge in [-0.3, -0.25) is 14.7 Å². The number of halogens is 1. The van der Waals surface area contributed by atoms with Gasteiger partial charge in [0.25, 0.3) is 5.91 Å². The van der Waals surface area contributed by atoms with Gasteiger partial charge in [-0.25, -0.2) is 9.37 Å². The van der Waals surface area contributed by atoms with Crippen LogP contribution in [0.25, 0.3) is 22.3 Å². The Bertz CT molecular complexity index is 1830. The standard InChI is InChI=1S/C31H27FN8O3/c1-2-25(41)33-21-8-3-6-19(16-21)27-26-28(30(42)34-22-9-4-7-20(32)17-22)38-39-29(26)37-31(36-27)35-23-10-5-11-24(18-23)40-12-14-43-15-13-40/h2-11,16-18H,1,12-15H2,(H,33,41)(H,34,42)(H2,35,36,37,38,39). The maximum Gasteiger partial charge on any atom is 0.276 e. The van der Waals surface area contributed by atoms with Crippen LogP contribution >= 0.6 is 0 Å². The van der Waals surface area contributed by atoms with Crippen molar-refractivity contribution in [3.05, 3.63) is 97.0 Å². The number of morpholine rings is 1. The van der Waals surface area contributed by atoms with Gasteiger partial charge >= 0.3 is 0 Å². The summed E-state index contributed by atoms with van der Waals surface area (Å²) in [5.74, 6) is -1.16. The molecule has 6 rings (SSSR count). The molecular formula is C31H27FN8O3. The summed E-state index contributed by atoms with van der Waals surface area (Å²) < 4.78 is 19.2. The van der Waals surface area contributed by atoms with Crippen molar-refractivity contribution in [2.45, 2.75) is 0 Å².